The van der Waals surface area contributed by atoms with E-state index in [4.69, 9.17) is 10.8 Å². The molecule has 1 rings (SSSR count). The van der Waals surface area contributed by atoms with Crippen molar-refractivity contribution in [2.24, 2.45) is 5.73 Å². The standard InChI is InChI=1S/C11H13NO4.ClH/c1-16-10(13)6-9(12)7-2-4-8(5-3-7)11(14)15;/h2-5,9H,6,12H2,1H3,(H,14,15);1H/t9-;/m0./s1. The van der Waals surface area contributed by atoms with Crippen LogP contribution in [0.5, 0.6) is 0 Å². The molecular weight excluding hydrogens is 246 g/mol. The monoisotopic (exact) mass is 259 g/mol. The zero-order valence-electron chi connectivity index (χ0n) is 9.25. The van der Waals surface area contributed by atoms with Gasteiger partial charge in [0.2, 0.25) is 0 Å². The quantitative estimate of drug-likeness (QED) is 0.797. The van der Waals surface area contributed by atoms with Crippen LogP contribution in [0.3, 0.4) is 0 Å². The number of esters is 1. The Labute approximate surface area is 105 Å². The molecular formula is C11H14ClNO4. The van der Waals surface area contributed by atoms with Crippen LogP contribution >= 0.6 is 12.4 Å². The lowest BCUT2D eigenvalue weighted by molar-refractivity contribution is -0.141. The number of ether oxygens (including phenoxy) is 1. The maximum Gasteiger partial charge on any atom is 0.335 e. The van der Waals surface area contributed by atoms with Crippen molar-refractivity contribution >= 4 is 24.3 Å². The van der Waals surface area contributed by atoms with Crippen LogP contribution in [0.25, 0.3) is 0 Å². The highest BCUT2D eigenvalue weighted by Gasteiger charge is 2.12. The largest absolute Gasteiger partial charge is 0.478 e. The fourth-order valence-corrected chi connectivity index (χ4v) is 1.25. The van der Waals surface area contributed by atoms with Crippen molar-refractivity contribution < 1.29 is 19.4 Å². The Morgan fingerprint density at radius 1 is 1.35 bits per heavy atom. The first-order chi connectivity index (χ1) is 7.54. The average molecular weight is 260 g/mol. The summed E-state index contributed by atoms with van der Waals surface area (Å²) in [5, 5.41) is 8.69. The molecule has 3 N–H and O–H groups in total. The predicted octanol–water partition coefficient (Wildman–Crippen LogP) is 1.37. The summed E-state index contributed by atoms with van der Waals surface area (Å²) in [4.78, 5) is 21.6. The molecule has 0 bridgehead atoms. The molecule has 0 heterocycles. The normalized spacial score (nSPS) is 11.2. The summed E-state index contributed by atoms with van der Waals surface area (Å²) in [6.07, 6.45) is 0.0723. The first-order valence-electron chi connectivity index (χ1n) is 4.70. The molecule has 0 aromatic heterocycles. The summed E-state index contributed by atoms with van der Waals surface area (Å²) in [5.41, 5.74) is 6.64. The molecule has 0 aliphatic carbocycles. The molecule has 6 heteroatoms. The van der Waals surface area contributed by atoms with Crippen LogP contribution in [-0.2, 0) is 9.53 Å². The molecule has 5 nitrogen and oxygen atoms in total. The molecule has 1 aromatic carbocycles. The fraction of sp³-hybridized carbons (Fsp3) is 0.273. The zero-order chi connectivity index (χ0) is 12.1. The minimum atomic E-state index is -0.993. The van der Waals surface area contributed by atoms with Crippen molar-refractivity contribution in [1.82, 2.24) is 0 Å². The van der Waals surface area contributed by atoms with Gasteiger partial charge < -0.3 is 15.6 Å². The highest BCUT2D eigenvalue weighted by Crippen LogP contribution is 2.15. The number of aromatic carboxylic acids is 1. The topological polar surface area (TPSA) is 89.6 Å². The van der Waals surface area contributed by atoms with Crippen LogP contribution in [0.2, 0.25) is 0 Å². The molecule has 0 spiro atoms. The molecule has 0 aliphatic heterocycles. The van der Waals surface area contributed by atoms with Crippen molar-refractivity contribution in [3.63, 3.8) is 0 Å². The molecule has 0 amide bonds. The van der Waals surface area contributed by atoms with Crippen LogP contribution in [0.4, 0.5) is 0 Å². The van der Waals surface area contributed by atoms with E-state index in [0.717, 1.165) is 0 Å². The second-order valence-corrected chi connectivity index (χ2v) is 3.31. The zero-order valence-corrected chi connectivity index (χ0v) is 10.1. The molecule has 0 saturated heterocycles. The van der Waals surface area contributed by atoms with Gasteiger partial charge in [-0.1, -0.05) is 12.1 Å². The summed E-state index contributed by atoms with van der Waals surface area (Å²) in [6.45, 7) is 0. The van der Waals surface area contributed by atoms with Crippen molar-refractivity contribution in [1.29, 1.82) is 0 Å². The summed E-state index contributed by atoms with van der Waals surface area (Å²) in [5.74, 6) is -1.39. The number of methoxy groups -OCH3 is 1. The van der Waals surface area contributed by atoms with Gasteiger partial charge in [0.25, 0.3) is 0 Å². The minimum absolute atomic E-state index is 0. The van der Waals surface area contributed by atoms with Crippen molar-refractivity contribution in [2.45, 2.75) is 12.5 Å². The van der Waals surface area contributed by atoms with Gasteiger partial charge in [0.15, 0.2) is 0 Å². The lowest BCUT2D eigenvalue weighted by Gasteiger charge is -2.10. The Bertz CT molecular complexity index is 391. The van der Waals surface area contributed by atoms with Gasteiger partial charge in [0.1, 0.15) is 0 Å². The second-order valence-electron chi connectivity index (χ2n) is 3.31. The Kier molecular flexibility index (Phi) is 6.23. The number of benzene rings is 1. The second kappa shape index (κ2) is 6.88. The van der Waals surface area contributed by atoms with E-state index in [0.29, 0.717) is 5.56 Å². The van der Waals surface area contributed by atoms with E-state index in [9.17, 15) is 9.59 Å². The van der Waals surface area contributed by atoms with Gasteiger partial charge >= 0.3 is 11.9 Å². The Balaban J connectivity index is 0.00000256. The van der Waals surface area contributed by atoms with Crippen molar-refractivity contribution in [3.8, 4) is 0 Å². The number of nitrogens with two attached hydrogens (primary N) is 1. The van der Waals surface area contributed by atoms with E-state index >= 15 is 0 Å². The van der Waals surface area contributed by atoms with E-state index in [1.165, 1.54) is 19.2 Å². The summed E-state index contributed by atoms with van der Waals surface area (Å²) in [7, 11) is 1.29. The molecule has 0 unspecified atom stereocenters. The fourth-order valence-electron chi connectivity index (χ4n) is 1.25. The molecule has 0 saturated carbocycles. The third-order valence-electron chi connectivity index (χ3n) is 2.20. The number of rotatable bonds is 4. The first-order valence-corrected chi connectivity index (χ1v) is 4.70. The van der Waals surface area contributed by atoms with E-state index in [-0.39, 0.29) is 24.4 Å². The number of hydrogen-bond donors (Lipinski definition) is 2. The third-order valence-corrected chi connectivity index (χ3v) is 2.20. The van der Waals surface area contributed by atoms with E-state index < -0.39 is 18.0 Å². The third kappa shape index (κ3) is 4.42. The summed E-state index contributed by atoms with van der Waals surface area (Å²) < 4.78 is 4.49. The molecule has 94 valence electrons. The lowest BCUT2D eigenvalue weighted by atomic mass is 10.0. The van der Waals surface area contributed by atoms with Gasteiger partial charge in [0.05, 0.1) is 19.1 Å². The molecule has 1 aromatic rings. The Morgan fingerprint density at radius 3 is 2.29 bits per heavy atom. The SMILES string of the molecule is COC(=O)C[C@H](N)c1ccc(C(=O)O)cc1.Cl. The number of halogens is 1. The number of carboxylic acid groups (broad SMARTS) is 1. The highest BCUT2D eigenvalue weighted by molar-refractivity contribution is 5.87. The van der Waals surface area contributed by atoms with E-state index in [1.54, 1.807) is 12.1 Å². The number of hydrogen-bond acceptors (Lipinski definition) is 4. The van der Waals surface area contributed by atoms with Crippen LogP contribution < -0.4 is 5.73 Å². The van der Waals surface area contributed by atoms with Crippen LogP contribution in [0.1, 0.15) is 28.4 Å². The molecule has 17 heavy (non-hydrogen) atoms. The lowest BCUT2D eigenvalue weighted by Crippen LogP contribution is -2.16. The van der Waals surface area contributed by atoms with Gasteiger partial charge in [-0.15, -0.1) is 12.4 Å². The molecule has 0 aliphatic rings. The Morgan fingerprint density at radius 2 is 1.88 bits per heavy atom. The van der Waals surface area contributed by atoms with Crippen molar-refractivity contribution in [3.05, 3.63) is 35.4 Å². The van der Waals surface area contributed by atoms with Gasteiger partial charge in [-0.2, -0.15) is 0 Å². The number of carbonyl (C=O) groups is 2. The van der Waals surface area contributed by atoms with E-state index in [2.05, 4.69) is 4.74 Å². The minimum Gasteiger partial charge on any atom is -0.478 e. The highest BCUT2D eigenvalue weighted by atomic mass is 35.5. The van der Waals surface area contributed by atoms with Gasteiger partial charge in [0, 0.05) is 6.04 Å². The van der Waals surface area contributed by atoms with Gasteiger partial charge in [-0.05, 0) is 17.7 Å². The van der Waals surface area contributed by atoms with Gasteiger partial charge in [-0.3, -0.25) is 4.79 Å². The number of carbonyl (C=O) groups excluding carboxylic acids is 1. The predicted molar refractivity (Wildman–Crippen MR) is 64.2 cm³/mol. The molecule has 1 atom stereocenters. The maximum absolute atomic E-state index is 11.0. The maximum atomic E-state index is 11.0. The van der Waals surface area contributed by atoms with E-state index in [1.807, 2.05) is 0 Å². The number of carboxylic acids is 1. The van der Waals surface area contributed by atoms with Crippen LogP contribution in [-0.4, -0.2) is 24.2 Å². The first kappa shape index (κ1) is 15.4. The smallest absolute Gasteiger partial charge is 0.335 e. The summed E-state index contributed by atoms with van der Waals surface area (Å²) >= 11 is 0. The summed E-state index contributed by atoms with van der Waals surface area (Å²) in [6, 6.07) is 5.62. The molecule has 0 radical (unpaired) electrons. The van der Waals surface area contributed by atoms with Crippen LogP contribution in [0.15, 0.2) is 24.3 Å². The Hall–Kier alpha value is -1.59. The van der Waals surface area contributed by atoms with Crippen LogP contribution in [0, 0.1) is 0 Å². The molecule has 0 fully saturated rings. The van der Waals surface area contributed by atoms with Gasteiger partial charge in [-0.25, -0.2) is 4.79 Å². The average Bonchev–Trinajstić information content (AvgIpc) is 2.28. The van der Waals surface area contributed by atoms with Crippen molar-refractivity contribution in [2.75, 3.05) is 7.11 Å².